The molecule has 1 aromatic heterocycles. The molecule has 4 rings (SSSR count). The zero-order valence-electron chi connectivity index (χ0n) is 13.4. The average Bonchev–Trinajstić information content (AvgIpc) is 2.63. The summed E-state index contributed by atoms with van der Waals surface area (Å²) in [6, 6.07) is 17.3. The summed E-state index contributed by atoms with van der Waals surface area (Å²) in [5.74, 6) is 1.10. The number of aromatic nitrogens is 1. The van der Waals surface area contributed by atoms with E-state index in [1.54, 1.807) is 11.8 Å². The van der Waals surface area contributed by atoms with Crippen molar-refractivity contribution in [2.45, 2.75) is 10.1 Å². The molecule has 128 valence electrons. The molecule has 0 radical (unpaired) electrons. The van der Waals surface area contributed by atoms with Gasteiger partial charge in [-0.15, -0.1) is 11.8 Å². The van der Waals surface area contributed by atoms with Crippen molar-refractivity contribution in [2.24, 2.45) is 0 Å². The van der Waals surface area contributed by atoms with Crippen molar-refractivity contribution in [2.75, 3.05) is 11.5 Å². The number of nitrogens with two attached hydrogens (primary N) is 2. The van der Waals surface area contributed by atoms with Gasteiger partial charge in [-0.1, -0.05) is 29.8 Å². The molecule has 2 aromatic carbocycles. The molecule has 1 unspecified atom stereocenters. The molecule has 0 fully saturated rings. The molecule has 0 saturated heterocycles. The van der Waals surface area contributed by atoms with E-state index < -0.39 is 0 Å². The lowest BCUT2D eigenvalue weighted by atomic mass is 9.98. The number of hydrogen-bond acceptors (Lipinski definition) is 6. The van der Waals surface area contributed by atoms with Crippen LogP contribution in [0.2, 0.25) is 5.02 Å². The molecule has 5 nitrogen and oxygen atoms in total. The number of anilines is 2. The molecule has 1 aliphatic rings. The third kappa shape index (κ3) is 2.71. The number of rotatable bonds is 2. The van der Waals surface area contributed by atoms with E-state index in [4.69, 9.17) is 27.8 Å². The number of halogens is 1. The summed E-state index contributed by atoms with van der Waals surface area (Å²) in [5, 5.41) is 9.88. The van der Waals surface area contributed by atoms with E-state index in [0.717, 1.165) is 10.5 Å². The number of pyridine rings is 1. The van der Waals surface area contributed by atoms with Gasteiger partial charge in [-0.3, -0.25) is 0 Å². The topological polar surface area (TPSA) is 98.0 Å². The first-order valence-electron chi connectivity index (χ1n) is 7.76. The molecular formula is C19H13ClN4OS. The van der Waals surface area contributed by atoms with Gasteiger partial charge in [0.2, 0.25) is 5.88 Å². The minimum Gasteiger partial charge on any atom is -0.438 e. The number of para-hydroxylation sites is 1. The Morgan fingerprint density at radius 2 is 1.85 bits per heavy atom. The van der Waals surface area contributed by atoms with Gasteiger partial charge in [-0.2, -0.15) is 10.2 Å². The molecule has 3 aromatic rings. The van der Waals surface area contributed by atoms with Crippen LogP contribution in [0.5, 0.6) is 11.6 Å². The Morgan fingerprint density at radius 1 is 1.12 bits per heavy atom. The molecule has 1 aliphatic heterocycles. The SMILES string of the molecule is N#Cc1c(N)nc2c(c1N)C(Sc1ccc(Cl)cc1)c1ccccc1O2. The minimum absolute atomic E-state index is 0.0679. The smallest absolute Gasteiger partial charge is 0.228 e. The van der Waals surface area contributed by atoms with Crippen LogP contribution in [0.1, 0.15) is 21.9 Å². The van der Waals surface area contributed by atoms with E-state index in [2.05, 4.69) is 4.98 Å². The summed E-state index contributed by atoms with van der Waals surface area (Å²) in [7, 11) is 0. The highest BCUT2D eigenvalue weighted by molar-refractivity contribution is 7.99. The molecule has 4 N–H and O–H groups in total. The summed E-state index contributed by atoms with van der Waals surface area (Å²) >= 11 is 7.58. The Balaban J connectivity index is 1.90. The first kappa shape index (κ1) is 16.6. The molecule has 0 amide bonds. The first-order valence-corrected chi connectivity index (χ1v) is 9.02. The quantitative estimate of drug-likeness (QED) is 0.665. The van der Waals surface area contributed by atoms with E-state index in [-0.39, 0.29) is 16.6 Å². The molecule has 0 spiro atoms. The van der Waals surface area contributed by atoms with Crippen LogP contribution in [-0.4, -0.2) is 4.98 Å². The molecule has 0 bridgehead atoms. The highest BCUT2D eigenvalue weighted by atomic mass is 35.5. The van der Waals surface area contributed by atoms with Crippen LogP contribution in [0.4, 0.5) is 11.5 Å². The second-order valence-electron chi connectivity index (χ2n) is 5.71. The van der Waals surface area contributed by atoms with Gasteiger partial charge in [-0.05, 0) is 30.3 Å². The second kappa shape index (κ2) is 6.45. The third-order valence-corrected chi connectivity index (χ3v) is 5.64. The lowest BCUT2D eigenvalue weighted by Gasteiger charge is -2.28. The van der Waals surface area contributed by atoms with E-state index in [9.17, 15) is 5.26 Å². The Kier molecular flexibility index (Phi) is 4.11. The van der Waals surface area contributed by atoms with Crippen LogP contribution in [0, 0.1) is 11.3 Å². The molecule has 0 aliphatic carbocycles. The zero-order valence-corrected chi connectivity index (χ0v) is 15.0. The number of nitrogen functional groups attached to an aromatic ring is 2. The van der Waals surface area contributed by atoms with Gasteiger partial charge in [0.1, 0.15) is 23.2 Å². The van der Waals surface area contributed by atoms with Crippen molar-refractivity contribution >= 4 is 34.9 Å². The van der Waals surface area contributed by atoms with Gasteiger partial charge < -0.3 is 16.2 Å². The summed E-state index contributed by atoms with van der Waals surface area (Å²) in [6.07, 6.45) is 0. The van der Waals surface area contributed by atoms with Crippen LogP contribution in [0.25, 0.3) is 0 Å². The average molecular weight is 381 g/mol. The molecule has 7 heteroatoms. The van der Waals surface area contributed by atoms with Crippen LogP contribution in [-0.2, 0) is 0 Å². The first-order chi connectivity index (χ1) is 12.6. The number of hydrogen-bond donors (Lipinski definition) is 2. The van der Waals surface area contributed by atoms with E-state index in [1.807, 2.05) is 54.6 Å². The predicted octanol–water partition coefficient (Wildman–Crippen LogP) is 4.76. The van der Waals surface area contributed by atoms with Gasteiger partial charge in [0, 0.05) is 15.5 Å². The summed E-state index contributed by atoms with van der Waals surface area (Å²) < 4.78 is 5.91. The van der Waals surface area contributed by atoms with Crippen LogP contribution < -0.4 is 16.2 Å². The van der Waals surface area contributed by atoms with Crippen molar-refractivity contribution in [3.05, 3.63) is 70.2 Å². The predicted molar refractivity (Wildman–Crippen MR) is 103 cm³/mol. The maximum Gasteiger partial charge on any atom is 0.228 e. The van der Waals surface area contributed by atoms with Crippen LogP contribution in [0.15, 0.2) is 53.4 Å². The fourth-order valence-corrected chi connectivity index (χ4v) is 4.24. The Bertz CT molecular complexity index is 1050. The number of ether oxygens (including phenoxy) is 1. The monoisotopic (exact) mass is 380 g/mol. The maximum atomic E-state index is 9.39. The summed E-state index contributed by atoms with van der Waals surface area (Å²) in [5.41, 5.74) is 14.3. The van der Waals surface area contributed by atoms with E-state index in [0.29, 0.717) is 27.9 Å². The summed E-state index contributed by atoms with van der Waals surface area (Å²) in [4.78, 5) is 5.28. The van der Waals surface area contributed by atoms with Gasteiger partial charge in [0.25, 0.3) is 0 Å². The fourth-order valence-electron chi connectivity index (χ4n) is 2.88. The van der Waals surface area contributed by atoms with Crippen molar-refractivity contribution in [3.63, 3.8) is 0 Å². The molecule has 2 heterocycles. The maximum absolute atomic E-state index is 9.39. The van der Waals surface area contributed by atoms with Crippen LogP contribution in [0.3, 0.4) is 0 Å². The minimum atomic E-state index is -0.184. The number of nitriles is 1. The largest absolute Gasteiger partial charge is 0.438 e. The highest BCUT2D eigenvalue weighted by Gasteiger charge is 2.33. The molecular weight excluding hydrogens is 368 g/mol. The van der Waals surface area contributed by atoms with Crippen molar-refractivity contribution in [1.29, 1.82) is 5.26 Å². The molecule has 26 heavy (non-hydrogen) atoms. The lowest BCUT2D eigenvalue weighted by molar-refractivity contribution is 0.441. The Labute approximate surface area is 159 Å². The van der Waals surface area contributed by atoms with Crippen molar-refractivity contribution in [3.8, 4) is 17.7 Å². The molecule has 1 atom stereocenters. The second-order valence-corrected chi connectivity index (χ2v) is 7.32. The van der Waals surface area contributed by atoms with E-state index >= 15 is 0 Å². The molecule has 0 saturated carbocycles. The van der Waals surface area contributed by atoms with Crippen molar-refractivity contribution < 1.29 is 4.74 Å². The highest BCUT2D eigenvalue weighted by Crippen LogP contribution is 2.53. The van der Waals surface area contributed by atoms with Crippen LogP contribution >= 0.6 is 23.4 Å². The summed E-state index contributed by atoms with van der Waals surface area (Å²) in [6.45, 7) is 0. The fraction of sp³-hybridized carbons (Fsp3) is 0.0526. The zero-order chi connectivity index (χ0) is 18.3. The van der Waals surface area contributed by atoms with Gasteiger partial charge in [0.05, 0.1) is 16.5 Å². The third-order valence-electron chi connectivity index (χ3n) is 4.12. The number of thioether (sulfide) groups is 1. The number of nitrogens with zero attached hydrogens (tertiary/aromatic N) is 2. The Hall–Kier alpha value is -2.88. The Morgan fingerprint density at radius 3 is 2.58 bits per heavy atom. The van der Waals surface area contributed by atoms with E-state index in [1.165, 1.54) is 0 Å². The van der Waals surface area contributed by atoms with Gasteiger partial charge in [0.15, 0.2) is 0 Å². The number of benzene rings is 2. The lowest BCUT2D eigenvalue weighted by Crippen LogP contribution is -2.14. The van der Waals surface area contributed by atoms with Crippen molar-refractivity contribution in [1.82, 2.24) is 4.98 Å². The van der Waals surface area contributed by atoms with Gasteiger partial charge >= 0.3 is 0 Å². The number of fused-ring (bicyclic) bond motifs is 2. The normalized spacial score (nSPS) is 14.7. The van der Waals surface area contributed by atoms with Gasteiger partial charge in [-0.25, -0.2) is 0 Å². The standard InChI is InChI=1S/C19H13ClN4OS/c20-10-5-7-11(8-6-10)26-17-12-3-1-2-4-14(12)25-19-15(17)16(22)13(9-21)18(23)24-19/h1-8,17H,(H4,22,23,24).